The molecule has 0 radical (unpaired) electrons. The van der Waals surface area contributed by atoms with E-state index in [1.807, 2.05) is 4.57 Å². The van der Waals surface area contributed by atoms with Crippen LogP contribution in [0.15, 0.2) is 18.5 Å². The summed E-state index contributed by atoms with van der Waals surface area (Å²) in [5.74, 6) is 0. The lowest BCUT2D eigenvalue weighted by atomic mass is 10.4. The van der Waals surface area contributed by atoms with Crippen LogP contribution in [0.25, 0.3) is 0 Å². The Morgan fingerprint density at radius 1 is 1.43 bits per heavy atom. The predicted octanol–water partition coefficient (Wildman–Crippen LogP) is 2.60. The van der Waals surface area contributed by atoms with Gasteiger partial charge in [-0.1, -0.05) is 6.92 Å². The maximum absolute atomic E-state index is 5.82. The van der Waals surface area contributed by atoms with E-state index in [1.165, 1.54) is 9.75 Å². The molecule has 2 aromatic heterocycles. The predicted molar refractivity (Wildman–Crippen MR) is 57.8 cm³/mol. The Balaban J connectivity index is 2.15. The normalized spacial score (nSPS) is 10.7. The molecule has 2 aromatic rings. The van der Waals surface area contributed by atoms with Gasteiger partial charge in [-0.2, -0.15) is 0 Å². The van der Waals surface area contributed by atoms with Gasteiger partial charge in [0.25, 0.3) is 0 Å². The topological polar surface area (TPSA) is 30.7 Å². The lowest BCUT2D eigenvalue weighted by molar-refractivity contribution is 0.808. The zero-order valence-corrected chi connectivity index (χ0v) is 9.35. The summed E-state index contributed by atoms with van der Waals surface area (Å²) < 4.78 is 1.83. The second-order valence-electron chi connectivity index (χ2n) is 2.95. The van der Waals surface area contributed by atoms with Crippen molar-refractivity contribution in [1.29, 1.82) is 0 Å². The molecule has 0 aromatic carbocycles. The summed E-state index contributed by atoms with van der Waals surface area (Å²) in [7, 11) is 0. The Morgan fingerprint density at radius 3 is 2.79 bits per heavy atom. The van der Waals surface area contributed by atoms with Crippen molar-refractivity contribution in [3.05, 3.63) is 33.5 Å². The minimum Gasteiger partial charge on any atom is -0.299 e. The number of hydrogen-bond donors (Lipinski definition) is 0. The summed E-state index contributed by atoms with van der Waals surface area (Å²) in [6, 6.07) is 4.28. The van der Waals surface area contributed by atoms with Crippen LogP contribution >= 0.6 is 22.9 Å². The number of thiophene rings is 1. The Bertz CT molecular complexity index is 421. The molecule has 0 aliphatic heterocycles. The first kappa shape index (κ1) is 9.68. The molecule has 0 aliphatic carbocycles. The van der Waals surface area contributed by atoms with Crippen molar-refractivity contribution >= 4 is 22.9 Å². The third-order valence-electron chi connectivity index (χ3n) is 1.96. The van der Waals surface area contributed by atoms with Gasteiger partial charge in [0.15, 0.2) is 0 Å². The van der Waals surface area contributed by atoms with Gasteiger partial charge < -0.3 is 0 Å². The molecule has 2 rings (SSSR count). The monoisotopic (exact) mass is 227 g/mol. The number of rotatable bonds is 3. The van der Waals surface area contributed by atoms with Gasteiger partial charge in [-0.05, 0) is 30.2 Å². The van der Waals surface area contributed by atoms with Crippen LogP contribution in [0.1, 0.15) is 16.7 Å². The molecule has 0 saturated heterocycles. The Hall–Kier alpha value is -0.870. The average molecular weight is 228 g/mol. The highest BCUT2D eigenvalue weighted by Crippen LogP contribution is 2.18. The molecule has 0 amide bonds. The molecule has 0 spiro atoms. The molecule has 0 bridgehead atoms. The third-order valence-corrected chi connectivity index (χ3v) is 3.47. The average Bonchev–Trinajstić information content (AvgIpc) is 2.77. The Labute approximate surface area is 91.4 Å². The molecular formula is C9H10ClN3S. The van der Waals surface area contributed by atoms with E-state index in [2.05, 4.69) is 29.3 Å². The van der Waals surface area contributed by atoms with Crippen molar-refractivity contribution < 1.29 is 0 Å². The van der Waals surface area contributed by atoms with Crippen molar-refractivity contribution in [2.75, 3.05) is 0 Å². The fourth-order valence-corrected chi connectivity index (χ4v) is 2.32. The molecule has 2 heterocycles. The van der Waals surface area contributed by atoms with Crippen LogP contribution in [0.3, 0.4) is 0 Å². The van der Waals surface area contributed by atoms with Gasteiger partial charge in [-0.3, -0.25) is 4.57 Å². The smallest absolute Gasteiger partial charge is 0.225 e. The highest BCUT2D eigenvalue weighted by Gasteiger charge is 2.03. The van der Waals surface area contributed by atoms with Crippen LogP contribution in [0, 0.1) is 0 Å². The summed E-state index contributed by atoms with van der Waals surface area (Å²) in [4.78, 5) is 2.67. The Kier molecular flexibility index (Phi) is 2.84. The van der Waals surface area contributed by atoms with E-state index in [0.717, 1.165) is 13.0 Å². The van der Waals surface area contributed by atoms with E-state index in [1.54, 1.807) is 17.7 Å². The first-order valence-electron chi connectivity index (χ1n) is 4.40. The van der Waals surface area contributed by atoms with Crippen molar-refractivity contribution in [2.24, 2.45) is 0 Å². The molecule has 74 valence electrons. The minimum atomic E-state index is 0.441. The molecular weight excluding hydrogens is 218 g/mol. The molecule has 0 unspecified atom stereocenters. The van der Waals surface area contributed by atoms with E-state index < -0.39 is 0 Å². The Morgan fingerprint density at radius 2 is 2.21 bits per heavy atom. The van der Waals surface area contributed by atoms with Crippen molar-refractivity contribution in [3.63, 3.8) is 0 Å². The van der Waals surface area contributed by atoms with Gasteiger partial charge in [0.05, 0.1) is 6.54 Å². The fraction of sp³-hybridized carbons (Fsp3) is 0.333. The van der Waals surface area contributed by atoms with Gasteiger partial charge in [0, 0.05) is 9.75 Å². The van der Waals surface area contributed by atoms with Gasteiger partial charge >= 0.3 is 0 Å². The van der Waals surface area contributed by atoms with Gasteiger partial charge in [0.1, 0.15) is 6.33 Å². The van der Waals surface area contributed by atoms with Crippen LogP contribution in [-0.2, 0) is 13.0 Å². The minimum absolute atomic E-state index is 0.441. The lowest BCUT2D eigenvalue weighted by Crippen LogP contribution is -1.95. The SMILES string of the molecule is CCc1ccc(Cn2cnnc2Cl)s1. The number of aromatic nitrogens is 3. The first-order valence-corrected chi connectivity index (χ1v) is 5.60. The zero-order chi connectivity index (χ0) is 9.97. The van der Waals surface area contributed by atoms with Crippen LogP contribution in [-0.4, -0.2) is 14.8 Å². The zero-order valence-electron chi connectivity index (χ0n) is 7.77. The lowest BCUT2D eigenvalue weighted by Gasteiger charge is -1.98. The number of halogens is 1. The van der Waals surface area contributed by atoms with E-state index in [4.69, 9.17) is 11.6 Å². The number of aryl methyl sites for hydroxylation is 1. The van der Waals surface area contributed by atoms with Gasteiger partial charge in [-0.25, -0.2) is 0 Å². The van der Waals surface area contributed by atoms with Crippen LogP contribution in [0.5, 0.6) is 0 Å². The van der Waals surface area contributed by atoms with Crippen molar-refractivity contribution in [3.8, 4) is 0 Å². The van der Waals surface area contributed by atoms with Crippen molar-refractivity contribution in [2.45, 2.75) is 19.9 Å². The fourth-order valence-electron chi connectivity index (χ4n) is 1.21. The molecule has 3 nitrogen and oxygen atoms in total. The van der Waals surface area contributed by atoms with Gasteiger partial charge in [-0.15, -0.1) is 21.5 Å². The third kappa shape index (κ3) is 1.96. The summed E-state index contributed by atoms with van der Waals surface area (Å²) in [6.45, 7) is 2.91. The first-order chi connectivity index (χ1) is 6.79. The van der Waals surface area contributed by atoms with E-state index in [9.17, 15) is 0 Å². The molecule has 0 aliphatic rings. The second-order valence-corrected chi connectivity index (χ2v) is 4.54. The van der Waals surface area contributed by atoms with E-state index in [-0.39, 0.29) is 0 Å². The summed E-state index contributed by atoms with van der Waals surface area (Å²) >= 11 is 7.63. The molecule has 0 N–H and O–H groups in total. The number of nitrogens with zero attached hydrogens (tertiary/aromatic N) is 3. The highest BCUT2D eigenvalue weighted by atomic mass is 35.5. The summed E-state index contributed by atoms with van der Waals surface area (Å²) in [5.41, 5.74) is 0. The molecule has 0 fully saturated rings. The maximum Gasteiger partial charge on any atom is 0.225 e. The van der Waals surface area contributed by atoms with E-state index in [0.29, 0.717) is 5.28 Å². The van der Waals surface area contributed by atoms with Gasteiger partial charge in [0.2, 0.25) is 5.28 Å². The second kappa shape index (κ2) is 4.11. The summed E-state index contributed by atoms with van der Waals surface area (Å²) in [5, 5.41) is 7.89. The molecule has 0 atom stereocenters. The van der Waals surface area contributed by atoms with Crippen LogP contribution < -0.4 is 0 Å². The highest BCUT2D eigenvalue weighted by molar-refractivity contribution is 7.11. The quantitative estimate of drug-likeness (QED) is 0.807. The number of hydrogen-bond acceptors (Lipinski definition) is 3. The summed E-state index contributed by atoms with van der Waals surface area (Å²) in [6.07, 6.45) is 2.73. The standard InChI is InChI=1S/C9H10ClN3S/c1-2-7-3-4-8(14-7)5-13-6-11-12-9(13)10/h3-4,6H,2,5H2,1H3. The largest absolute Gasteiger partial charge is 0.299 e. The molecule has 14 heavy (non-hydrogen) atoms. The van der Waals surface area contributed by atoms with Crippen LogP contribution in [0.4, 0.5) is 0 Å². The van der Waals surface area contributed by atoms with E-state index >= 15 is 0 Å². The maximum atomic E-state index is 5.82. The van der Waals surface area contributed by atoms with Crippen molar-refractivity contribution in [1.82, 2.24) is 14.8 Å². The molecule has 5 heteroatoms. The van der Waals surface area contributed by atoms with Crippen LogP contribution in [0.2, 0.25) is 5.28 Å². The molecule has 0 saturated carbocycles.